The van der Waals surface area contributed by atoms with Gasteiger partial charge in [-0.3, -0.25) is 0 Å². The Kier molecular flexibility index (Phi) is 2.11. The molecule has 0 aliphatic rings. The molecule has 0 bridgehead atoms. The van der Waals surface area contributed by atoms with E-state index in [0.29, 0.717) is 0 Å². The molecular weight excluding hydrogens is 208 g/mol. The first-order valence-corrected chi connectivity index (χ1v) is 5.79. The minimum atomic E-state index is 0.966. The van der Waals surface area contributed by atoms with E-state index in [1.807, 2.05) is 6.07 Å². The molecular formula is C15H14N2. The van der Waals surface area contributed by atoms with Crippen molar-refractivity contribution in [3.63, 3.8) is 0 Å². The minimum Gasteiger partial charge on any atom is -0.244 e. The van der Waals surface area contributed by atoms with Crippen LogP contribution >= 0.6 is 0 Å². The van der Waals surface area contributed by atoms with Crippen molar-refractivity contribution < 1.29 is 0 Å². The fraction of sp³-hybridized carbons (Fsp3) is 0.200. The smallest absolute Gasteiger partial charge is 0.0923 e. The van der Waals surface area contributed by atoms with Crippen LogP contribution in [0.5, 0.6) is 0 Å². The Hall–Kier alpha value is -1.96. The zero-order valence-electron chi connectivity index (χ0n) is 10.3. The van der Waals surface area contributed by atoms with Gasteiger partial charge in [0, 0.05) is 0 Å². The van der Waals surface area contributed by atoms with Crippen molar-refractivity contribution in [3.8, 4) is 0 Å². The van der Waals surface area contributed by atoms with Crippen molar-refractivity contribution in [2.45, 2.75) is 20.8 Å². The fourth-order valence-corrected chi connectivity index (χ4v) is 2.24. The molecule has 2 nitrogen and oxygen atoms in total. The van der Waals surface area contributed by atoms with Gasteiger partial charge in [-0.05, 0) is 55.7 Å². The van der Waals surface area contributed by atoms with Crippen molar-refractivity contribution in [1.29, 1.82) is 0 Å². The summed E-state index contributed by atoms with van der Waals surface area (Å²) in [4.78, 5) is 9.39. The monoisotopic (exact) mass is 222 g/mol. The summed E-state index contributed by atoms with van der Waals surface area (Å²) in [6, 6.07) is 10.4. The molecule has 1 heterocycles. The van der Waals surface area contributed by atoms with E-state index in [9.17, 15) is 0 Å². The molecule has 0 fully saturated rings. The maximum absolute atomic E-state index is 4.72. The van der Waals surface area contributed by atoms with Gasteiger partial charge in [0.15, 0.2) is 0 Å². The van der Waals surface area contributed by atoms with Crippen molar-refractivity contribution in [2.75, 3.05) is 0 Å². The second-order valence-corrected chi connectivity index (χ2v) is 4.67. The second kappa shape index (κ2) is 3.52. The van der Waals surface area contributed by atoms with Gasteiger partial charge in [-0.1, -0.05) is 12.1 Å². The zero-order valence-corrected chi connectivity index (χ0v) is 10.3. The van der Waals surface area contributed by atoms with Crippen molar-refractivity contribution in [3.05, 3.63) is 47.0 Å². The van der Waals surface area contributed by atoms with Crippen LogP contribution in [0, 0.1) is 20.8 Å². The first-order valence-electron chi connectivity index (χ1n) is 5.79. The molecule has 3 aromatic rings. The average Bonchev–Trinajstić information content (AvgIpc) is 2.27. The Bertz CT molecular complexity index is 730. The van der Waals surface area contributed by atoms with Crippen LogP contribution in [0.25, 0.3) is 22.1 Å². The topological polar surface area (TPSA) is 25.8 Å². The van der Waals surface area contributed by atoms with Crippen molar-refractivity contribution >= 4 is 22.1 Å². The highest BCUT2D eigenvalue weighted by Gasteiger charge is 2.04. The van der Waals surface area contributed by atoms with E-state index in [0.717, 1.165) is 22.1 Å². The Labute approximate surface area is 100 Å². The molecule has 0 aliphatic carbocycles. The number of nitrogens with zero attached hydrogens (tertiary/aromatic N) is 2. The number of rotatable bonds is 0. The lowest BCUT2D eigenvalue weighted by Crippen LogP contribution is -1.91. The predicted octanol–water partition coefficient (Wildman–Crippen LogP) is 3.71. The summed E-state index contributed by atoms with van der Waals surface area (Å²) in [6.07, 6.45) is 0. The molecule has 84 valence electrons. The van der Waals surface area contributed by atoms with Crippen LogP contribution in [-0.4, -0.2) is 9.97 Å². The molecule has 0 amide bonds. The molecule has 0 aliphatic heterocycles. The van der Waals surface area contributed by atoms with Gasteiger partial charge in [-0.25, -0.2) is 9.97 Å². The Morgan fingerprint density at radius 1 is 0.706 bits per heavy atom. The predicted molar refractivity (Wildman–Crippen MR) is 71.3 cm³/mol. The number of aryl methyl sites for hydroxylation is 3. The molecule has 3 rings (SSSR count). The summed E-state index contributed by atoms with van der Waals surface area (Å²) in [7, 11) is 0. The van der Waals surface area contributed by atoms with E-state index in [4.69, 9.17) is 4.98 Å². The Balaban J connectivity index is 2.48. The molecule has 2 aromatic carbocycles. The number of fused-ring (bicyclic) bond motifs is 2. The zero-order chi connectivity index (χ0) is 12.0. The van der Waals surface area contributed by atoms with Crippen LogP contribution < -0.4 is 0 Å². The van der Waals surface area contributed by atoms with Gasteiger partial charge in [0.1, 0.15) is 0 Å². The van der Waals surface area contributed by atoms with Crippen LogP contribution in [0.4, 0.5) is 0 Å². The first-order chi connectivity index (χ1) is 8.13. The number of benzene rings is 2. The average molecular weight is 222 g/mol. The molecule has 17 heavy (non-hydrogen) atoms. The SMILES string of the molecule is Cc1ccc2nc3cc(C)cc(C)c3nc2c1. The van der Waals surface area contributed by atoms with E-state index in [-0.39, 0.29) is 0 Å². The number of hydrogen-bond donors (Lipinski definition) is 0. The molecule has 1 aromatic heterocycles. The van der Waals surface area contributed by atoms with Gasteiger partial charge in [-0.2, -0.15) is 0 Å². The van der Waals surface area contributed by atoms with Crippen LogP contribution in [-0.2, 0) is 0 Å². The van der Waals surface area contributed by atoms with Gasteiger partial charge in [0.25, 0.3) is 0 Å². The van der Waals surface area contributed by atoms with Crippen LogP contribution in [0.2, 0.25) is 0 Å². The van der Waals surface area contributed by atoms with E-state index < -0.39 is 0 Å². The molecule has 0 saturated heterocycles. The van der Waals surface area contributed by atoms with Crippen molar-refractivity contribution in [2.24, 2.45) is 0 Å². The van der Waals surface area contributed by atoms with E-state index in [2.05, 4.69) is 50.0 Å². The quantitative estimate of drug-likeness (QED) is 0.542. The lowest BCUT2D eigenvalue weighted by molar-refractivity contribution is 1.32. The maximum atomic E-state index is 4.72. The van der Waals surface area contributed by atoms with Crippen LogP contribution in [0.1, 0.15) is 16.7 Å². The van der Waals surface area contributed by atoms with E-state index >= 15 is 0 Å². The molecule has 0 N–H and O–H groups in total. The standard InChI is InChI=1S/C15H14N2/c1-9-4-5-12-13(7-9)17-15-11(3)6-10(2)8-14(15)16-12/h4-8H,1-3H3. The molecule has 0 radical (unpaired) electrons. The summed E-state index contributed by atoms with van der Waals surface area (Å²) >= 11 is 0. The van der Waals surface area contributed by atoms with Gasteiger partial charge in [0.05, 0.1) is 22.1 Å². The number of hydrogen-bond acceptors (Lipinski definition) is 2. The van der Waals surface area contributed by atoms with Crippen molar-refractivity contribution in [1.82, 2.24) is 9.97 Å². The third-order valence-corrected chi connectivity index (χ3v) is 3.03. The van der Waals surface area contributed by atoms with Gasteiger partial charge in [-0.15, -0.1) is 0 Å². The third kappa shape index (κ3) is 1.66. The highest BCUT2D eigenvalue weighted by atomic mass is 14.8. The molecule has 0 spiro atoms. The maximum Gasteiger partial charge on any atom is 0.0923 e. The summed E-state index contributed by atoms with van der Waals surface area (Å²) in [5, 5.41) is 0. The van der Waals surface area contributed by atoms with Crippen LogP contribution in [0.15, 0.2) is 30.3 Å². The normalized spacial score (nSPS) is 11.2. The van der Waals surface area contributed by atoms with E-state index in [1.54, 1.807) is 0 Å². The summed E-state index contributed by atoms with van der Waals surface area (Å²) < 4.78 is 0. The lowest BCUT2D eigenvalue weighted by atomic mass is 10.1. The largest absolute Gasteiger partial charge is 0.244 e. The molecule has 0 atom stereocenters. The highest BCUT2D eigenvalue weighted by Crippen LogP contribution is 2.21. The summed E-state index contributed by atoms with van der Waals surface area (Å²) in [5.41, 5.74) is 7.58. The highest BCUT2D eigenvalue weighted by molar-refractivity contribution is 5.88. The Morgan fingerprint density at radius 2 is 1.47 bits per heavy atom. The Morgan fingerprint density at radius 3 is 2.29 bits per heavy atom. The first kappa shape index (κ1) is 10.2. The summed E-state index contributed by atoms with van der Waals surface area (Å²) in [5.74, 6) is 0. The van der Waals surface area contributed by atoms with Gasteiger partial charge >= 0.3 is 0 Å². The second-order valence-electron chi connectivity index (χ2n) is 4.67. The lowest BCUT2D eigenvalue weighted by Gasteiger charge is -2.05. The fourth-order valence-electron chi connectivity index (χ4n) is 2.24. The van der Waals surface area contributed by atoms with Gasteiger partial charge in [0.2, 0.25) is 0 Å². The van der Waals surface area contributed by atoms with Crippen LogP contribution in [0.3, 0.4) is 0 Å². The van der Waals surface area contributed by atoms with Gasteiger partial charge < -0.3 is 0 Å². The van der Waals surface area contributed by atoms with E-state index in [1.165, 1.54) is 16.7 Å². The summed E-state index contributed by atoms with van der Waals surface area (Å²) in [6.45, 7) is 6.26. The molecule has 0 unspecified atom stereocenters. The minimum absolute atomic E-state index is 0.966. The molecule has 0 saturated carbocycles. The number of aromatic nitrogens is 2. The third-order valence-electron chi connectivity index (χ3n) is 3.03. The molecule has 2 heteroatoms.